The number of carbonyl (C=O) groups is 2. The molecule has 224 valence electrons. The van der Waals surface area contributed by atoms with E-state index in [1.54, 1.807) is 39.0 Å². The number of rotatable bonds is 8. The smallest absolute Gasteiger partial charge is 0.417 e. The molecule has 1 unspecified atom stereocenters. The van der Waals surface area contributed by atoms with Gasteiger partial charge in [-0.05, 0) is 69.4 Å². The van der Waals surface area contributed by atoms with Crippen LogP contribution in [0, 0.1) is 11.3 Å². The Labute approximate surface area is 251 Å². The van der Waals surface area contributed by atoms with Crippen molar-refractivity contribution in [1.29, 1.82) is 5.26 Å². The highest BCUT2D eigenvalue weighted by Crippen LogP contribution is 2.41. The number of carboxylic acid groups (broad SMARTS) is 1. The Morgan fingerprint density at radius 1 is 1.17 bits per heavy atom. The van der Waals surface area contributed by atoms with Gasteiger partial charge in [0.25, 0.3) is 5.91 Å². The maximum absolute atomic E-state index is 13.6. The molecule has 2 aliphatic heterocycles. The number of alkyl halides is 3. The predicted octanol–water partition coefficient (Wildman–Crippen LogP) is 4.62. The third kappa shape index (κ3) is 6.17. The van der Waals surface area contributed by atoms with Gasteiger partial charge in [0.15, 0.2) is 5.11 Å². The number of piperazine rings is 1. The molecule has 2 aromatic carbocycles. The van der Waals surface area contributed by atoms with E-state index in [2.05, 4.69) is 4.90 Å². The SMILES string of the molecule is CC(C(=O)O)N1CCN(CCOc2ccc(N3C(=S)N(c4ccc(C#N)c(C(F)(F)F)c4)C(=O)C3(C)C)cc2Cl)CC1. The van der Waals surface area contributed by atoms with Gasteiger partial charge < -0.3 is 14.7 Å². The molecule has 42 heavy (non-hydrogen) atoms. The quantitative estimate of drug-likeness (QED) is 0.422. The van der Waals surface area contributed by atoms with Gasteiger partial charge >= 0.3 is 12.1 Å². The van der Waals surface area contributed by atoms with E-state index < -0.39 is 40.8 Å². The zero-order chi connectivity index (χ0) is 31.0. The fourth-order valence-corrected chi connectivity index (χ4v) is 5.77. The zero-order valence-electron chi connectivity index (χ0n) is 23.1. The number of aliphatic carboxylic acids is 1. The Morgan fingerprint density at radius 2 is 1.81 bits per heavy atom. The second-order valence-electron chi connectivity index (χ2n) is 10.5. The van der Waals surface area contributed by atoms with Crippen molar-refractivity contribution in [3.63, 3.8) is 0 Å². The van der Waals surface area contributed by atoms with Crippen LogP contribution in [0.25, 0.3) is 0 Å². The van der Waals surface area contributed by atoms with Crippen molar-refractivity contribution in [2.24, 2.45) is 0 Å². The molecule has 0 bridgehead atoms. The lowest BCUT2D eigenvalue weighted by atomic mass is 10.0. The van der Waals surface area contributed by atoms with Crippen LogP contribution in [0.3, 0.4) is 0 Å². The summed E-state index contributed by atoms with van der Waals surface area (Å²) in [6.45, 7) is 8.54. The molecular formula is C28H29ClF3N5O4S. The van der Waals surface area contributed by atoms with E-state index in [0.717, 1.165) is 17.0 Å². The molecule has 1 amide bonds. The molecule has 4 rings (SSSR count). The zero-order valence-corrected chi connectivity index (χ0v) is 24.7. The molecule has 2 aliphatic rings. The van der Waals surface area contributed by atoms with Gasteiger partial charge in [0.2, 0.25) is 0 Å². The van der Waals surface area contributed by atoms with Gasteiger partial charge in [0, 0.05) is 38.4 Å². The summed E-state index contributed by atoms with van der Waals surface area (Å²) in [4.78, 5) is 31.3. The summed E-state index contributed by atoms with van der Waals surface area (Å²) < 4.78 is 46.7. The summed E-state index contributed by atoms with van der Waals surface area (Å²) in [5, 5.41) is 18.5. The maximum atomic E-state index is 13.6. The lowest BCUT2D eigenvalue weighted by molar-refractivity contribution is -0.143. The Balaban J connectivity index is 1.46. The van der Waals surface area contributed by atoms with Crippen molar-refractivity contribution in [3.05, 3.63) is 52.5 Å². The number of amides is 1. The Hall–Kier alpha value is -3.44. The average Bonchev–Trinajstić information content (AvgIpc) is 3.11. The highest BCUT2D eigenvalue weighted by atomic mass is 35.5. The highest BCUT2D eigenvalue weighted by molar-refractivity contribution is 7.81. The molecule has 9 nitrogen and oxygen atoms in total. The van der Waals surface area contributed by atoms with Gasteiger partial charge in [-0.15, -0.1) is 0 Å². The first kappa shape index (κ1) is 31.5. The summed E-state index contributed by atoms with van der Waals surface area (Å²) in [5.41, 5.74) is -2.62. The van der Waals surface area contributed by atoms with Crippen molar-refractivity contribution in [3.8, 4) is 11.8 Å². The van der Waals surface area contributed by atoms with Crippen LogP contribution in [0.5, 0.6) is 5.75 Å². The number of nitrogens with zero attached hydrogens (tertiary/aromatic N) is 5. The maximum Gasteiger partial charge on any atom is 0.417 e. The first-order valence-electron chi connectivity index (χ1n) is 13.1. The van der Waals surface area contributed by atoms with Crippen molar-refractivity contribution >= 4 is 52.2 Å². The van der Waals surface area contributed by atoms with E-state index in [-0.39, 0.29) is 15.8 Å². The van der Waals surface area contributed by atoms with Crippen molar-refractivity contribution in [2.75, 3.05) is 49.1 Å². The minimum Gasteiger partial charge on any atom is -0.491 e. The fraction of sp³-hybridized carbons (Fsp3) is 0.429. The molecule has 1 N–H and O–H groups in total. The van der Waals surface area contributed by atoms with Gasteiger partial charge in [-0.1, -0.05) is 11.6 Å². The first-order valence-corrected chi connectivity index (χ1v) is 13.9. The van der Waals surface area contributed by atoms with Gasteiger partial charge in [-0.3, -0.25) is 24.3 Å². The van der Waals surface area contributed by atoms with Crippen molar-refractivity contribution < 1.29 is 32.6 Å². The predicted molar refractivity (Wildman–Crippen MR) is 155 cm³/mol. The molecule has 14 heteroatoms. The third-order valence-electron chi connectivity index (χ3n) is 7.51. The lowest BCUT2D eigenvalue weighted by Crippen LogP contribution is -2.52. The summed E-state index contributed by atoms with van der Waals surface area (Å²) in [6.07, 6.45) is -4.79. The summed E-state index contributed by atoms with van der Waals surface area (Å²) in [6, 6.07) is 8.90. The largest absolute Gasteiger partial charge is 0.491 e. The van der Waals surface area contributed by atoms with E-state index in [4.69, 9.17) is 33.8 Å². The number of ether oxygens (including phenoxy) is 1. The van der Waals surface area contributed by atoms with Crippen LogP contribution < -0.4 is 14.5 Å². The minimum atomic E-state index is -4.79. The topological polar surface area (TPSA) is 100 Å². The Kier molecular flexibility index (Phi) is 9.03. The number of hydrogen-bond acceptors (Lipinski definition) is 7. The van der Waals surface area contributed by atoms with Crippen LogP contribution in [-0.4, -0.2) is 82.8 Å². The Bertz CT molecular complexity index is 1440. The van der Waals surface area contributed by atoms with E-state index in [9.17, 15) is 27.9 Å². The van der Waals surface area contributed by atoms with E-state index in [1.165, 1.54) is 17.0 Å². The number of halogens is 4. The summed E-state index contributed by atoms with van der Waals surface area (Å²) in [5.74, 6) is -0.976. The normalized spacial score (nSPS) is 18.7. The monoisotopic (exact) mass is 623 g/mol. The van der Waals surface area contributed by atoms with E-state index in [1.807, 2.05) is 4.90 Å². The number of carboxylic acids is 1. The molecule has 2 aromatic rings. The van der Waals surface area contributed by atoms with Crippen LogP contribution in [-0.2, 0) is 15.8 Å². The van der Waals surface area contributed by atoms with E-state index >= 15 is 0 Å². The van der Waals surface area contributed by atoms with Crippen LogP contribution in [0.15, 0.2) is 36.4 Å². The van der Waals surface area contributed by atoms with Crippen LogP contribution >= 0.6 is 23.8 Å². The molecule has 0 spiro atoms. The second kappa shape index (κ2) is 12.0. The van der Waals surface area contributed by atoms with Gasteiger partial charge in [-0.2, -0.15) is 18.4 Å². The standard InChI is InChI=1S/C28H29ClF3N5O4S/c1-17(24(38)39)35-10-8-34(9-11-35)12-13-41-23-7-6-20(15-22(23)29)37-26(42)36(25(40)27(37,2)3)19-5-4-18(16-33)21(14-19)28(30,31)32/h4-7,14-15,17H,8-13H2,1-3H3,(H,38,39). The number of benzene rings is 2. The summed E-state index contributed by atoms with van der Waals surface area (Å²) in [7, 11) is 0. The average molecular weight is 624 g/mol. The minimum absolute atomic E-state index is 0.0380. The molecule has 0 radical (unpaired) electrons. The number of anilines is 2. The molecule has 2 heterocycles. The number of hydrogen-bond donors (Lipinski definition) is 1. The highest BCUT2D eigenvalue weighted by Gasteiger charge is 2.50. The Morgan fingerprint density at radius 3 is 2.38 bits per heavy atom. The number of nitriles is 1. The first-order chi connectivity index (χ1) is 19.7. The molecule has 0 aliphatic carbocycles. The van der Waals surface area contributed by atoms with Crippen LogP contribution in [0.2, 0.25) is 5.02 Å². The molecule has 1 atom stereocenters. The number of carbonyl (C=O) groups excluding carboxylic acids is 1. The number of thiocarbonyl (C=S) groups is 1. The molecule has 2 fully saturated rings. The van der Waals surface area contributed by atoms with E-state index in [0.29, 0.717) is 50.8 Å². The van der Waals surface area contributed by atoms with Gasteiger partial charge in [-0.25, -0.2) is 0 Å². The molecule has 2 saturated heterocycles. The third-order valence-corrected chi connectivity index (χ3v) is 8.17. The van der Waals surface area contributed by atoms with Crippen LogP contribution in [0.4, 0.5) is 24.5 Å². The van der Waals surface area contributed by atoms with Crippen LogP contribution in [0.1, 0.15) is 31.9 Å². The fourth-order valence-electron chi connectivity index (χ4n) is 5.02. The van der Waals surface area contributed by atoms with Gasteiger partial charge in [0.05, 0.1) is 27.9 Å². The summed E-state index contributed by atoms with van der Waals surface area (Å²) >= 11 is 12.1. The van der Waals surface area contributed by atoms with Crippen molar-refractivity contribution in [1.82, 2.24) is 9.80 Å². The van der Waals surface area contributed by atoms with Gasteiger partial charge in [0.1, 0.15) is 23.9 Å². The molecular weight excluding hydrogens is 595 g/mol. The molecule has 0 aromatic heterocycles. The second-order valence-corrected chi connectivity index (χ2v) is 11.3. The molecule has 0 saturated carbocycles. The van der Waals surface area contributed by atoms with Crippen molar-refractivity contribution in [2.45, 2.75) is 38.5 Å². The lowest BCUT2D eigenvalue weighted by Gasteiger charge is -2.36.